The van der Waals surface area contributed by atoms with Gasteiger partial charge in [-0.1, -0.05) is 24.6 Å². The van der Waals surface area contributed by atoms with E-state index >= 15 is 0 Å². The van der Waals surface area contributed by atoms with Gasteiger partial charge in [-0.05, 0) is 61.9 Å². The average Bonchev–Trinajstić information content (AvgIpc) is 3.19. The van der Waals surface area contributed by atoms with E-state index in [0.717, 1.165) is 12.0 Å². The van der Waals surface area contributed by atoms with Crippen molar-refractivity contribution in [3.05, 3.63) is 70.9 Å². The topological polar surface area (TPSA) is 71.7 Å². The van der Waals surface area contributed by atoms with E-state index in [1.807, 2.05) is 19.9 Å². The van der Waals surface area contributed by atoms with Crippen LogP contribution in [0.5, 0.6) is 5.75 Å². The van der Waals surface area contributed by atoms with Gasteiger partial charge in [0.2, 0.25) is 0 Å². The summed E-state index contributed by atoms with van der Waals surface area (Å²) in [5.41, 5.74) is 1.69. The van der Waals surface area contributed by atoms with Crippen LogP contribution >= 0.6 is 11.6 Å². The molecule has 0 saturated heterocycles. The Bertz CT molecular complexity index is 967. The van der Waals surface area contributed by atoms with Crippen molar-refractivity contribution in [3.63, 3.8) is 0 Å². The average molecular weight is 400 g/mol. The number of carbonyl (C=O) groups excluding carboxylic acids is 1. The number of aliphatic hydroxyl groups is 1. The molecule has 0 aliphatic heterocycles. The molecule has 0 saturated carbocycles. The number of halogens is 1. The first kappa shape index (κ1) is 20.0. The van der Waals surface area contributed by atoms with Gasteiger partial charge >= 0.3 is 0 Å². The summed E-state index contributed by atoms with van der Waals surface area (Å²) in [5, 5.41) is 12.4. The molecule has 5 nitrogen and oxygen atoms in total. The van der Waals surface area contributed by atoms with Gasteiger partial charge in [0.05, 0.1) is 16.8 Å². The number of hydrogen-bond acceptors (Lipinski definition) is 4. The van der Waals surface area contributed by atoms with Crippen LogP contribution in [0, 0.1) is 0 Å². The van der Waals surface area contributed by atoms with Crippen molar-refractivity contribution in [2.75, 3.05) is 5.32 Å². The van der Waals surface area contributed by atoms with Gasteiger partial charge in [-0.15, -0.1) is 0 Å². The van der Waals surface area contributed by atoms with Crippen molar-refractivity contribution in [1.29, 1.82) is 0 Å². The fourth-order valence-electron chi connectivity index (χ4n) is 2.61. The first-order chi connectivity index (χ1) is 13.5. The molecule has 28 heavy (non-hydrogen) atoms. The molecule has 0 unspecified atom stereocenters. The summed E-state index contributed by atoms with van der Waals surface area (Å²) >= 11 is 6.26. The van der Waals surface area contributed by atoms with Crippen molar-refractivity contribution in [2.24, 2.45) is 0 Å². The first-order valence-corrected chi connectivity index (χ1v) is 9.45. The van der Waals surface area contributed by atoms with Gasteiger partial charge < -0.3 is 19.6 Å². The molecule has 2 N–H and O–H groups in total. The van der Waals surface area contributed by atoms with E-state index in [9.17, 15) is 4.79 Å². The van der Waals surface area contributed by atoms with E-state index < -0.39 is 0 Å². The molecule has 0 fully saturated rings. The van der Waals surface area contributed by atoms with Crippen LogP contribution in [0.15, 0.2) is 59.0 Å². The SMILES string of the molecule is CC[C@H](C)Oc1cccc(C(=O)Nc2cc(-c3ccc(CO)o3)ccc2Cl)c1. The molecular formula is C22H22ClNO4. The van der Waals surface area contributed by atoms with Crippen LogP contribution < -0.4 is 10.1 Å². The van der Waals surface area contributed by atoms with Crippen LogP contribution in [-0.2, 0) is 6.61 Å². The predicted molar refractivity (Wildman–Crippen MR) is 110 cm³/mol. The number of carbonyl (C=O) groups is 1. The lowest BCUT2D eigenvalue weighted by molar-refractivity contribution is 0.102. The molecule has 6 heteroatoms. The molecule has 0 spiro atoms. The Morgan fingerprint density at radius 1 is 1.21 bits per heavy atom. The van der Waals surface area contributed by atoms with Crippen LogP contribution in [0.4, 0.5) is 5.69 Å². The number of hydrogen-bond donors (Lipinski definition) is 2. The van der Waals surface area contributed by atoms with Crippen LogP contribution in [0.3, 0.4) is 0 Å². The third-order valence-corrected chi connectivity index (χ3v) is 4.65. The summed E-state index contributed by atoms with van der Waals surface area (Å²) in [6.07, 6.45) is 0.949. The molecule has 1 amide bonds. The quantitative estimate of drug-likeness (QED) is 0.548. The zero-order valence-electron chi connectivity index (χ0n) is 15.7. The zero-order valence-corrected chi connectivity index (χ0v) is 16.5. The van der Waals surface area contributed by atoms with E-state index in [2.05, 4.69) is 5.32 Å². The Labute approximate surface area is 168 Å². The van der Waals surface area contributed by atoms with Crippen molar-refractivity contribution in [2.45, 2.75) is 33.0 Å². The molecule has 3 aromatic rings. The molecule has 2 aromatic carbocycles. The molecule has 0 aliphatic carbocycles. The lowest BCUT2D eigenvalue weighted by atomic mass is 10.1. The minimum absolute atomic E-state index is 0.0709. The Morgan fingerprint density at radius 3 is 2.75 bits per heavy atom. The second kappa shape index (κ2) is 8.95. The molecule has 1 heterocycles. The van der Waals surface area contributed by atoms with Gasteiger partial charge in [-0.3, -0.25) is 4.79 Å². The summed E-state index contributed by atoms with van der Waals surface area (Å²) in [5.74, 6) is 1.41. The van der Waals surface area contributed by atoms with Crippen LogP contribution in [-0.4, -0.2) is 17.1 Å². The summed E-state index contributed by atoms with van der Waals surface area (Å²) in [4.78, 5) is 12.7. The Morgan fingerprint density at radius 2 is 2.04 bits per heavy atom. The van der Waals surface area contributed by atoms with E-state index in [1.165, 1.54) is 0 Å². The number of benzene rings is 2. The van der Waals surface area contributed by atoms with Crippen molar-refractivity contribution in [1.82, 2.24) is 0 Å². The van der Waals surface area contributed by atoms with Crippen LogP contribution in [0.1, 0.15) is 36.4 Å². The summed E-state index contributed by atoms with van der Waals surface area (Å²) in [7, 11) is 0. The second-order valence-corrected chi connectivity index (χ2v) is 6.84. The molecule has 0 bridgehead atoms. The largest absolute Gasteiger partial charge is 0.491 e. The fraction of sp³-hybridized carbons (Fsp3) is 0.227. The molecular weight excluding hydrogens is 378 g/mol. The maximum absolute atomic E-state index is 12.7. The van der Waals surface area contributed by atoms with Crippen LogP contribution in [0.2, 0.25) is 5.02 Å². The standard InChI is InChI=1S/C22H22ClNO4/c1-3-14(2)27-17-6-4-5-16(11-17)22(26)24-20-12-15(7-9-19(20)23)21-10-8-18(13-25)28-21/h4-12,14,25H,3,13H2,1-2H3,(H,24,26)/t14-/m0/s1. The molecule has 0 radical (unpaired) electrons. The van der Waals surface area contributed by atoms with Gasteiger partial charge in [0.15, 0.2) is 0 Å². The number of rotatable bonds is 7. The molecule has 0 aliphatic rings. The molecule has 3 rings (SSSR count). The second-order valence-electron chi connectivity index (χ2n) is 6.44. The highest BCUT2D eigenvalue weighted by Gasteiger charge is 2.13. The van der Waals surface area contributed by atoms with Gasteiger partial charge in [0.25, 0.3) is 5.91 Å². The number of ether oxygens (including phenoxy) is 1. The van der Waals surface area contributed by atoms with E-state index in [4.69, 9.17) is 25.9 Å². The van der Waals surface area contributed by atoms with E-state index in [0.29, 0.717) is 33.5 Å². The molecule has 1 aromatic heterocycles. The monoisotopic (exact) mass is 399 g/mol. The Balaban J connectivity index is 1.80. The highest BCUT2D eigenvalue weighted by Crippen LogP contribution is 2.30. The highest BCUT2D eigenvalue weighted by molar-refractivity contribution is 6.34. The normalized spacial score (nSPS) is 11.9. The zero-order chi connectivity index (χ0) is 20.1. The van der Waals surface area contributed by atoms with Crippen molar-refractivity contribution in [3.8, 4) is 17.1 Å². The van der Waals surface area contributed by atoms with Gasteiger partial charge in [0, 0.05) is 11.1 Å². The van der Waals surface area contributed by atoms with E-state index in [-0.39, 0.29) is 18.6 Å². The predicted octanol–water partition coefficient (Wildman–Crippen LogP) is 5.52. The minimum atomic E-state index is -0.288. The maximum Gasteiger partial charge on any atom is 0.255 e. The van der Waals surface area contributed by atoms with Crippen molar-refractivity contribution >= 4 is 23.2 Å². The molecule has 146 valence electrons. The summed E-state index contributed by atoms with van der Waals surface area (Å²) in [6.45, 7) is 3.85. The van der Waals surface area contributed by atoms with Gasteiger partial charge in [0.1, 0.15) is 23.9 Å². The maximum atomic E-state index is 12.7. The number of furan rings is 1. The fourth-order valence-corrected chi connectivity index (χ4v) is 2.78. The van der Waals surface area contributed by atoms with Crippen molar-refractivity contribution < 1.29 is 19.1 Å². The third-order valence-electron chi connectivity index (χ3n) is 4.32. The first-order valence-electron chi connectivity index (χ1n) is 9.07. The van der Waals surface area contributed by atoms with Crippen LogP contribution in [0.25, 0.3) is 11.3 Å². The van der Waals surface area contributed by atoms with Gasteiger partial charge in [-0.25, -0.2) is 0 Å². The molecule has 1 atom stereocenters. The highest BCUT2D eigenvalue weighted by atomic mass is 35.5. The lowest BCUT2D eigenvalue weighted by Crippen LogP contribution is -2.14. The smallest absolute Gasteiger partial charge is 0.255 e. The number of amides is 1. The minimum Gasteiger partial charge on any atom is -0.491 e. The third kappa shape index (κ3) is 4.74. The van der Waals surface area contributed by atoms with Gasteiger partial charge in [-0.2, -0.15) is 0 Å². The number of anilines is 1. The number of aliphatic hydroxyl groups excluding tert-OH is 1. The Kier molecular flexibility index (Phi) is 6.39. The summed E-state index contributed by atoms with van der Waals surface area (Å²) < 4.78 is 11.3. The summed E-state index contributed by atoms with van der Waals surface area (Å²) in [6, 6.07) is 15.7. The number of nitrogens with one attached hydrogen (secondary N) is 1. The van der Waals surface area contributed by atoms with E-state index in [1.54, 1.807) is 48.5 Å². The Hall–Kier alpha value is -2.76. The lowest BCUT2D eigenvalue weighted by Gasteiger charge is -2.14.